The Hall–Kier alpha value is -0.850. The molecule has 0 saturated carbocycles. The molecule has 1 nitrogen and oxygen atoms in total. The van der Waals surface area contributed by atoms with Gasteiger partial charge in [-0.05, 0) is 38.7 Å². The predicted molar refractivity (Wildman–Crippen MR) is 55.5 cm³/mol. The van der Waals surface area contributed by atoms with Crippen LogP contribution in [0.1, 0.15) is 39.5 Å². The monoisotopic (exact) mass is 178 g/mol. The first kappa shape index (κ1) is 10.2. The molecule has 0 aromatic heterocycles. The molecule has 0 heterocycles. The quantitative estimate of drug-likeness (QED) is 0.479. The number of hydrogen-bond acceptors (Lipinski definition) is 1. The minimum absolute atomic E-state index is 0.190. The number of carbonyl (C=O) groups excluding carboxylic acids is 1. The Labute approximate surface area is 80.5 Å². The number of allylic oxidation sites excluding steroid dienone is 4. The lowest BCUT2D eigenvalue weighted by Gasteiger charge is -2.20. The molecule has 1 aliphatic carbocycles. The van der Waals surface area contributed by atoms with Crippen molar-refractivity contribution >= 4 is 5.78 Å². The van der Waals surface area contributed by atoms with Crippen molar-refractivity contribution in [1.29, 1.82) is 0 Å². The van der Waals surface area contributed by atoms with Crippen LogP contribution in [-0.2, 0) is 4.79 Å². The number of carbonyl (C=O) groups is 1. The van der Waals surface area contributed by atoms with E-state index in [-0.39, 0.29) is 11.7 Å². The summed E-state index contributed by atoms with van der Waals surface area (Å²) in [4.78, 5) is 11.6. The van der Waals surface area contributed by atoms with E-state index in [1.807, 2.05) is 13.0 Å². The zero-order chi connectivity index (χ0) is 9.68. The standard InChI is InChI=1S/C12H18O/c1-3-7-12(13)11-9-6-5-8-10(11)4-2/h3,7-8,11H,4-6,9H2,1-2H3. The van der Waals surface area contributed by atoms with Crippen LogP contribution in [0.4, 0.5) is 0 Å². The molecule has 0 N–H and O–H groups in total. The second-order valence-corrected chi connectivity index (χ2v) is 3.52. The fourth-order valence-electron chi connectivity index (χ4n) is 1.93. The van der Waals surface area contributed by atoms with Gasteiger partial charge in [0.25, 0.3) is 0 Å². The van der Waals surface area contributed by atoms with Crippen molar-refractivity contribution in [3.05, 3.63) is 23.8 Å². The first-order chi connectivity index (χ1) is 6.29. The van der Waals surface area contributed by atoms with E-state index in [4.69, 9.17) is 0 Å². The van der Waals surface area contributed by atoms with E-state index in [0.717, 1.165) is 25.7 Å². The first-order valence-electron chi connectivity index (χ1n) is 5.15. The molecule has 0 radical (unpaired) electrons. The molecule has 0 aliphatic heterocycles. The minimum atomic E-state index is 0.190. The Morgan fingerprint density at radius 2 is 2.46 bits per heavy atom. The Balaban J connectivity index is 2.71. The van der Waals surface area contributed by atoms with Gasteiger partial charge in [0.2, 0.25) is 0 Å². The van der Waals surface area contributed by atoms with Gasteiger partial charge in [-0.15, -0.1) is 0 Å². The van der Waals surface area contributed by atoms with Crippen molar-refractivity contribution in [2.75, 3.05) is 0 Å². The fraction of sp³-hybridized carbons (Fsp3) is 0.583. The second-order valence-electron chi connectivity index (χ2n) is 3.52. The highest BCUT2D eigenvalue weighted by molar-refractivity contribution is 5.93. The Bertz CT molecular complexity index is 236. The normalized spacial score (nSPS) is 23.2. The molecule has 0 fully saturated rings. The lowest BCUT2D eigenvalue weighted by atomic mass is 9.83. The van der Waals surface area contributed by atoms with Crippen molar-refractivity contribution < 1.29 is 4.79 Å². The maximum absolute atomic E-state index is 11.6. The maximum atomic E-state index is 11.6. The summed E-state index contributed by atoms with van der Waals surface area (Å²) in [5.41, 5.74) is 1.34. The van der Waals surface area contributed by atoms with Crippen LogP contribution < -0.4 is 0 Å². The third-order valence-electron chi connectivity index (χ3n) is 2.63. The van der Waals surface area contributed by atoms with Crippen LogP contribution >= 0.6 is 0 Å². The highest BCUT2D eigenvalue weighted by atomic mass is 16.1. The summed E-state index contributed by atoms with van der Waals surface area (Å²) in [5, 5.41) is 0. The van der Waals surface area contributed by atoms with Crippen molar-refractivity contribution in [3.63, 3.8) is 0 Å². The zero-order valence-corrected chi connectivity index (χ0v) is 8.55. The molecule has 0 saturated heterocycles. The van der Waals surface area contributed by atoms with E-state index in [2.05, 4.69) is 13.0 Å². The van der Waals surface area contributed by atoms with E-state index in [1.165, 1.54) is 5.57 Å². The molecule has 0 aromatic carbocycles. The van der Waals surface area contributed by atoms with Crippen LogP contribution in [0, 0.1) is 5.92 Å². The molecule has 1 rings (SSSR count). The molecule has 1 aliphatic rings. The molecule has 0 aromatic rings. The Morgan fingerprint density at radius 3 is 3.08 bits per heavy atom. The SMILES string of the molecule is CC=CC(=O)C1CCCC=C1CC. The number of hydrogen-bond donors (Lipinski definition) is 0. The van der Waals surface area contributed by atoms with Gasteiger partial charge in [-0.1, -0.05) is 24.6 Å². The molecule has 1 atom stereocenters. The van der Waals surface area contributed by atoms with Gasteiger partial charge in [-0.25, -0.2) is 0 Å². The van der Waals surface area contributed by atoms with Gasteiger partial charge in [0.1, 0.15) is 0 Å². The summed E-state index contributed by atoms with van der Waals surface area (Å²) in [6.07, 6.45) is 10.2. The number of ketones is 1. The lowest BCUT2D eigenvalue weighted by Crippen LogP contribution is -2.17. The molecular formula is C12H18O. The summed E-state index contributed by atoms with van der Waals surface area (Å²) in [6, 6.07) is 0. The van der Waals surface area contributed by atoms with E-state index in [0.29, 0.717) is 0 Å². The topological polar surface area (TPSA) is 17.1 Å². The molecular weight excluding hydrogens is 160 g/mol. The van der Waals surface area contributed by atoms with Crippen molar-refractivity contribution in [1.82, 2.24) is 0 Å². The first-order valence-corrected chi connectivity index (χ1v) is 5.15. The van der Waals surface area contributed by atoms with Gasteiger partial charge in [0.05, 0.1) is 0 Å². The molecule has 0 bridgehead atoms. The summed E-state index contributed by atoms with van der Waals surface area (Å²) in [5.74, 6) is 0.477. The summed E-state index contributed by atoms with van der Waals surface area (Å²) in [6.45, 7) is 4.03. The number of rotatable bonds is 3. The highest BCUT2D eigenvalue weighted by Gasteiger charge is 2.21. The summed E-state index contributed by atoms with van der Waals surface area (Å²) >= 11 is 0. The average Bonchev–Trinajstić information content (AvgIpc) is 2.18. The lowest BCUT2D eigenvalue weighted by molar-refractivity contribution is -0.117. The van der Waals surface area contributed by atoms with E-state index in [9.17, 15) is 4.79 Å². The maximum Gasteiger partial charge on any atom is 0.162 e. The Morgan fingerprint density at radius 1 is 1.69 bits per heavy atom. The van der Waals surface area contributed by atoms with Crippen molar-refractivity contribution in [2.24, 2.45) is 5.92 Å². The fourth-order valence-corrected chi connectivity index (χ4v) is 1.93. The smallest absolute Gasteiger partial charge is 0.162 e. The van der Waals surface area contributed by atoms with Gasteiger partial charge in [-0.3, -0.25) is 4.79 Å². The van der Waals surface area contributed by atoms with Gasteiger partial charge in [0, 0.05) is 5.92 Å². The molecule has 1 unspecified atom stereocenters. The van der Waals surface area contributed by atoms with Crippen LogP contribution in [0.3, 0.4) is 0 Å². The zero-order valence-electron chi connectivity index (χ0n) is 8.55. The Kier molecular flexibility index (Phi) is 3.94. The third kappa shape index (κ3) is 2.55. The highest BCUT2D eigenvalue weighted by Crippen LogP contribution is 2.27. The van der Waals surface area contributed by atoms with Crippen LogP contribution in [0.15, 0.2) is 23.8 Å². The largest absolute Gasteiger partial charge is 0.294 e. The van der Waals surface area contributed by atoms with Gasteiger partial charge < -0.3 is 0 Å². The van der Waals surface area contributed by atoms with Gasteiger partial charge in [-0.2, -0.15) is 0 Å². The second kappa shape index (κ2) is 5.00. The van der Waals surface area contributed by atoms with Crippen LogP contribution in [0.5, 0.6) is 0 Å². The molecule has 0 spiro atoms. The van der Waals surface area contributed by atoms with Crippen molar-refractivity contribution in [2.45, 2.75) is 39.5 Å². The van der Waals surface area contributed by atoms with Crippen LogP contribution in [0.2, 0.25) is 0 Å². The average molecular weight is 178 g/mol. The van der Waals surface area contributed by atoms with E-state index < -0.39 is 0 Å². The van der Waals surface area contributed by atoms with E-state index in [1.54, 1.807) is 6.08 Å². The summed E-state index contributed by atoms with van der Waals surface area (Å²) in [7, 11) is 0. The molecule has 13 heavy (non-hydrogen) atoms. The molecule has 0 amide bonds. The molecule has 72 valence electrons. The third-order valence-corrected chi connectivity index (χ3v) is 2.63. The molecule has 1 heteroatoms. The van der Waals surface area contributed by atoms with Crippen LogP contribution in [-0.4, -0.2) is 5.78 Å². The predicted octanol–water partition coefficient (Wildman–Crippen LogP) is 3.27. The van der Waals surface area contributed by atoms with E-state index >= 15 is 0 Å². The van der Waals surface area contributed by atoms with Crippen LogP contribution in [0.25, 0.3) is 0 Å². The van der Waals surface area contributed by atoms with Crippen molar-refractivity contribution in [3.8, 4) is 0 Å². The van der Waals surface area contributed by atoms with Gasteiger partial charge >= 0.3 is 0 Å². The summed E-state index contributed by atoms with van der Waals surface area (Å²) < 4.78 is 0. The minimum Gasteiger partial charge on any atom is -0.294 e. The van der Waals surface area contributed by atoms with Gasteiger partial charge in [0.15, 0.2) is 5.78 Å².